The first-order valence-corrected chi connectivity index (χ1v) is 8.02. The number of nitrogens with one attached hydrogen (secondary N) is 1. The Morgan fingerprint density at radius 2 is 1.55 bits per heavy atom. The normalized spacial score (nSPS) is 29.6. The third kappa shape index (κ3) is 3.15. The molecular weight excluding hydrogens is 246 g/mol. The quantitative estimate of drug-likeness (QED) is 0.892. The molecule has 110 valence electrons. The summed E-state index contributed by atoms with van der Waals surface area (Å²) in [5.41, 5.74) is 1.38. The van der Waals surface area contributed by atoms with E-state index in [1.165, 1.54) is 44.7 Å². The van der Waals surface area contributed by atoms with Crippen molar-refractivity contribution in [2.75, 3.05) is 31.1 Å². The third-order valence-corrected chi connectivity index (χ3v) is 4.69. The minimum absolute atomic E-state index is 0.630. The molecule has 0 spiro atoms. The molecule has 2 aliphatic heterocycles. The van der Waals surface area contributed by atoms with Crippen LogP contribution in [0.15, 0.2) is 30.3 Å². The molecule has 0 aromatic heterocycles. The Balaban J connectivity index is 1.56. The van der Waals surface area contributed by atoms with Gasteiger partial charge in [-0.3, -0.25) is 4.90 Å². The molecule has 1 aromatic carbocycles. The van der Waals surface area contributed by atoms with E-state index in [1.807, 2.05) is 0 Å². The zero-order chi connectivity index (χ0) is 13.9. The van der Waals surface area contributed by atoms with Gasteiger partial charge in [-0.1, -0.05) is 18.2 Å². The number of anilines is 1. The van der Waals surface area contributed by atoms with Gasteiger partial charge < -0.3 is 10.2 Å². The fourth-order valence-corrected chi connectivity index (χ4v) is 3.80. The predicted molar refractivity (Wildman–Crippen MR) is 85.3 cm³/mol. The summed E-state index contributed by atoms with van der Waals surface area (Å²) < 4.78 is 0. The summed E-state index contributed by atoms with van der Waals surface area (Å²) in [4.78, 5) is 5.25. The summed E-state index contributed by atoms with van der Waals surface area (Å²) in [7, 11) is 0. The van der Waals surface area contributed by atoms with Crippen molar-refractivity contribution >= 4 is 5.69 Å². The lowest BCUT2D eigenvalue weighted by Crippen LogP contribution is -2.58. The van der Waals surface area contributed by atoms with Crippen LogP contribution in [0.25, 0.3) is 0 Å². The molecule has 0 bridgehead atoms. The Morgan fingerprint density at radius 1 is 0.950 bits per heavy atom. The number of hydrogen-bond acceptors (Lipinski definition) is 3. The van der Waals surface area contributed by atoms with Gasteiger partial charge in [0.15, 0.2) is 0 Å². The number of para-hydroxylation sites is 1. The van der Waals surface area contributed by atoms with Crippen LogP contribution >= 0.6 is 0 Å². The maximum Gasteiger partial charge on any atom is 0.0366 e. The van der Waals surface area contributed by atoms with Crippen LogP contribution < -0.4 is 10.2 Å². The molecule has 2 heterocycles. The van der Waals surface area contributed by atoms with Crippen LogP contribution in [0.1, 0.15) is 26.7 Å². The maximum absolute atomic E-state index is 3.63. The van der Waals surface area contributed by atoms with Gasteiger partial charge in [-0.25, -0.2) is 0 Å². The molecule has 2 atom stereocenters. The van der Waals surface area contributed by atoms with E-state index in [-0.39, 0.29) is 0 Å². The van der Waals surface area contributed by atoms with E-state index in [4.69, 9.17) is 0 Å². The molecule has 2 saturated heterocycles. The molecule has 3 nitrogen and oxygen atoms in total. The van der Waals surface area contributed by atoms with Crippen molar-refractivity contribution in [1.29, 1.82) is 0 Å². The highest BCUT2D eigenvalue weighted by Crippen LogP contribution is 2.23. The largest absolute Gasteiger partial charge is 0.371 e. The number of rotatable bonds is 2. The van der Waals surface area contributed by atoms with E-state index in [9.17, 15) is 0 Å². The fraction of sp³-hybridized carbons (Fsp3) is 0.647. The van der Waals surface area contributed by atoms with Gasteiger partial charge in [0, 0.05) is 50.0 Å². The Hall–Kier alpha value is -1.06. The predicted octanol–water partition coefficient (Wildman–Crippen LogP) is 2.34. The van der Waals surface area contributed by atoms with Crippen molar-refractivity contribution < 1.29 is 0 Å². The third-order valence-electron chi connectivity index (χ3n) is 4.69. The highest BCUT2D eigenvalue weighted by Gasteiger charge is 2.29. The van der Waals surface area contributed by atoms with Crippen LogP contribution in [0.2, 0.25) is 0 Å². The minimum Gasteiger partial charge on any atom is -0.371 e. The molecule has 2 unspecified atom stereocenters. The second-order valence-corrected chi connectivity index (χ2v) is 6.48. The average molecular weight is 273 g/mol. The lowest BCUT2D eigenvalue weighted by atomic mass is 9.99. The summed E-state index contributed by atoms with van der Waals surface area (Å²) >= 11 is 0. The molecule has 2 aliphatic rings. The van der Waals surface area contributed by atoms with Gasteiger partial charge in [0.05, 0.1) is 0 Å². The standard InChI is InChI=1S/C17H27N3/c1-14-12-20(13-15(2)18-14)17-8-10-19(11-9-17)16-6-4-3-5-7-16/h3-7,14-15,17-18H,8-13H2,1-2H3. The maximum atomic E-state index is 3.63. The highest BCUT2D eigenvalue weighted by molar-refractivity contribution is 5.46. The van der Waals surface area contributed by atoms with E-state index in [0.717, 1.165) is 6.04 Å². The van der Waals surface area contributed by atoms with Crippen LogP contribution in [0.4, 0.5) is 5.69 Å². The first-order valence-electron chi connectivity index (χ1n) is 8.02. The number of hydrogen-bond donors (Lipinski definition) is 1. The highest BCUT2D eigenvalue weighted by atomic mass is 15.3. The van der Waals surface area contributed by atoms with Crippen molar-refractivity contribution in [2.24, 2.45) is 0 Å². The van der Waals surface area contributed by atoms with Gasteiger partial charge in [-0.15, -0.1) is 0 Å². The van der Waals surface area contributed by atoms with Crippen molar-refractivity contribution in [3.8, 4) is 0 Å². The smallest absolute Gasteiger partial charge is 0.0366 e. The topological polar surface area (TPSA) is 18.5 Å². The second kappa shape index (κ2) is 6.15. The number of piperidine rings is 1. The summed E-state index contributed by atoms with van der Waals surface area (Å²) in [6.07, 6.45) is 2.60. The van der Waals surface area contributed by atoms with Gasteiger partial charge in [0.2, 0.25) is 0 Å². The van der Waals surface area contributed by atoms with E-state index in [1.54, 1.807) is 0 Å². The molecular formula is C17H27N3. The Morgan fingerprint density at radius 3 is 2.15 bits per heavy atom. The number of piperazine rings is 1. The van der Waals surface area contributed by atoms with E-state index < -0.39 is 0 Å². The van der Waals surface area contributed by atoms with Gasteiger partial charge in [0.25, 0.3) is 0 Å². The van der Waals surface area contributed by atoms with E-state index in [0.29, 0.717) is 12.1 Å². The van der Waals surface area contributed by atoms with Crippen LogP contribution in [0.3, 0.4) is 0 Å². The first kappa shape index (κ1) is 13.9. The summed E-state index contributed by atoms with van der Waals surface area (Å²) in [5.74, 6) is 0. The van der Waals surface area contributed by atoms with Crippen molar-refractivity contribution in [3.63, 3.8) is 0 Å². The molecule has 1 N–H and O–H groups in total. The molecule has 0 aliphatic carbocycles. The Labute approximate surface area is 123 Å². The molecule has 3 rings (SSSR count). The van der Waals surface area contributed by atoms with Crippen LogP contribution in [-0.4, -0.2) is 49.2 Å². The van der Waals surface area contributed by atoms with E-state index in [2.05, 4.69) is 59.3 Å². The molecule has 0 saturated carbocycles. The summed E-state index contributed by atoms with van der Waals surface area (Å²) in [6.45, 7) is 9.42. The van der Waals surface area contributed by atoms with Gasteiger partial charge in [0.1, 0.15) is 0 Å². The van der Waals surface area contributed by atoms with Crippen LogP contribution in [0.5, 0.6) is 0 Å². The first-order chi connectivity index (χ1) is 9.72. The molecule has 20 heavy (non-hydrogen) atoms. The average Bonchev–Trinajstić information content (AvgIpc) is 2.47. The van der Waals surface area contributed by atoms with Crippen molar-refractivity contribution in [2.45, 2.75) is 44.8 Å². The van der Waals surface area contributed by atoms with Crippen LogP contribution in [-0.2, 0) is 0 Å². The Kier molecular flexibility index (Phi) is 4.27. The molecule has 2 fully saturated rings. The zero-order valence-corrected chi connectivity index (χ0v) is 12.8. The van der Waals surface area contributed by atoms with Gasteiger partial charge >= 0.3 is 0 Å². The van der Waals surface area contributed by atoms with Gasteiger partial charge in [-0.05, 0) is 38.8 Å². The minimum atomic E-state index is 0.630. The fourth-order valence-electron chi connectivity index (χ4n) is 3.80. The van der Waals surface area contributed by atoms with Crippen molar-refractivity contribution in [1.82, 2.24) is 10.2 Å². The lowest BCUT2D eigenvalue weighted by Gasteiger charge is -2.44. The molecule has 0 amide bonds. The number of nitrogens with zero attached hydrogens (tertiary/aromatic N) is 2. The van der Waals surface area contributed by atoms with Crippen LogP contribution in [0, 0.1) is 0 Å². The SMILES string of the molecule is CC1CN(C2CCN(c3ccccc3)CC2)CC(C)N1. The molecule has 1 aromatic rings. The zero-order valence-electron chi connectivity index (χ0n) is 12.8. The van der Waals surface area contributed by atoms with Crippen molar-refractivity contribution in [3.05, 3.63) is 30.3 Å². The lowest BCUT2D eigenvalue weighted by molar-refractivity contribution is 0.107. The second-order valence-electron chi connectivity index (χ2n) is 6.48. The van der Waals surface area contributed by atoms with Gasteiger partial charge in [-0.2, -0.15) is 0 Å². The molecule has 3 heteroatoms. The summed E-state index contributed by atoms with van der Waals surface area (Å²) in [6, 6.07) is 12.9. The monoisotopic (exact) mass is 273 g/mol. The van der Waals surface area contributed by atoms with E-state index >= 15 is 0 Å². The summed E-state index contributed by atoms with van der Waals surface area (Å²) in [5, 5.41) is 3.63. The Bertz CT molecular complexity index is 402. The molecule has 0 radical (unpaired) electrons. The number of benzene rings is 1.